The van der Waals surface area contributed by atoms with E-state index in [2.05, 4.69) is 0 Å². The van der Waals surface area contributed by atoms with Crippen LogP contribution in [-0.2, 0) is 14.3 Å². The Morgan fingerprint density at radius 1 is 1.37 bits per heavy atom. The molecule has 1 atom stereocenters. The number of carbonyl (C=O) groups is 1. The molecule has 0 aliphatic heterocycles. The van der Waals surface area contributed by atoms with Crippen molar-refractivity contribution in [3.05, 3.63) is 34.6 Å². The molecule has 1 aromatic rings. The van der Waals surface area contributed by atoms with Gasteiger partial charge in [0.15, 0.2) is 0 Å². The van der Waals surface area contributed by atoms with E-state index in [0.717, 1.165) is 5.56 Å². The van der Waals surface area contributed by atoms with Crippen LogP contribution in [0.2, 0.25) is 0 Å². The molecule has 0 radical (unpaired) electrons. The molecule has 0 amide bonds. The van der Waals surface area contributed by atoms with E-state index >= 15 is 0 Å². The third-order valence-electron chi connectivity index (χ3n) is 2.71. The molecular weight excluding hydrogens is 249 g/mol. The molecule has 0 heterocycles. The molecule has 0 aromatic heterocycles. The minimum absolute atomic E-state index is 0.124. The number of halogens is 1. The minimum Gasteiger partial charge on any atom is -0.464 e. The van der Waals surface area contributed by atoms with Gasteiger partial charge >= 0.3 is 5.97 Å². The minimum atomic E-state index is -0.416. The largest absolute Gasteiger partial charge is 0.464 e. The number of hydrogen-bond donors (Lipinski definition) is 1. The van der Waals surface area contributed by atoms with Crippen molar-refractivity contribution >= 4 is 5.97 Å². The Kier molecular flexibility index (Phi) is 5.92. The second-order valence-electron chi connectivity index (χ2n) is 4.40. The summed E-state index contributed by atoms with van der Waals surface area (Å²) in [6.45, 7) is 5.50. The maximum Gasteiger partial charge on any atom is 0.332 e. The van der Waals surface area contributed by atoms with E-state index in [1.807, 2.05) is 0 Å². The van der Waals surface area contributed by atoms with Crippen LogP contribution in [0.3, 0.4) is 0 Å². The Bertz CT molecular complexity index is 425. The number of rotatable bonds is 6. The fraction of sp³-hybridized carbons (Fsp3) is 0.500. The third-order valence-corrected chi connectivity index (χ3v) is 2.71. The number of nitrogens with two attached hydrogens (primary N) is 1. The molecule has 4 nitrogen and oxygen atoms in total. The molecule has 1 rings (SSSR count). The van der Waals surface area contributed by atoms with Gasteiger partial charge in [-0.05, 0) is 37.5 Å². The summed E-state index contributed by atoms with van der Waals surface area (Å²) in [6, 6.07) is 2.99. The van der Waals surface area contributed by atoms with Crippen molar-refractivity contribution in [3.63, 3.8) is 0 Å². The SMILES string of the molecule is CCOC(=O)COCC(N)c1cc(C)c(F)c(C)c1. The molecule has 19 heavy (non-hydrogen) atoms. The predicted octanol–water partition coefficient (Wildman–Crippen LogP) is 2.02. The van der Waals surface area contributed by atoms with Gasteiger partial charge in [-0.1, -0.05) is 12.1 Å². The van der Waals surface area contributed by atoms with E-state index in [4.69, 9.17) is 15.2 Å². The van der Waals surface area contributed by atoms with Crippen LogP contribution in [0.4, 0.5) is 4.39 Å². The maximum absolute atomic E-state index is 13.5. The highest BCUT2D eigenvalue weighted by Crippen LogP contribution is 2.19. The van der Waals surface area contributed by atoms with Gasteiger partial charge in [-0.3, -0.25) is 0 Å². The van der Waals surface area contributed by atoms with E-state index in [1.165, 1.54) is 0 Å². The Hall–Kier alpha value is -1.46. The van der Waals surface area contributed by atoms with Gasteiger partial charge in [0.1, 0.15) is 12.4 Å². The average Bonchev–Trinajstić information content (AvgIpc) is 2.35. The molecule has 0 saturated heterocycles. The number of hydrogen-bond acceptors (Lipinski definition) is 4. The first kappa shape index (κ1) is 15.6. The molecule has 2 N–H and O–H groups in total. The summed E-state index contributed by atoms with van der Waals surface area (Å²) >= 11 is 0. The quantitative estimate of drug-likeness (QED) is 0.803. The summed E-state index contributed by atoms with van der Waals surface area (Å²) < 4.78 is 23.4. The highest BCUT2D eigenvalue weighted by molar-refractivity contribution is 5.70. The summed E-state index contributed by atoms with van der Waals surface area (Å²) in [6.07, 6.45) is 0. The normalized spacial score (nSPS) is 12.3. The van der Waals surface area contributed by atoms with Crippen LogP contribution in [-0.4, -0.2) is 25.8 Å². The van der Waals surface area contributed by atoms with Crippen molar-refractivity contribution in [1.82, 2.24) is 0 Å². The standard InChI is InChI=1S/C14H20FNO3/c1-4-19-13(17)8-18-7-12(16)11-5-9(2)14(15)10(3)6-11/h5-6,12H,4,7-8,16H2,1-3H3. The van der Waals surface area contributed by atoms with Crippen LogP contribution in [0.5, 0.6) is 0 Å². The summed E-state index contributed by atoms with van der Waals surface area (Å²) in [5.41, 5.74) is 7.84. The summed E-state index contributed by atoms with van der Waals surface area (Å²) in [4.78, 5) is 11.1. The first-order valence-electron chi connectivity index (χ1n) is 6.21. The third kappa shape index (κ3) is 4.61. The van der Waals surface area contributed by atoms with E-state index in [-0.39, 0.29) is 19.0 Å². The van der Waals surface area contributed by atoms with Crippen LogP contribution in [0.1, 0.15) is 29.7 Å². The average molecular weight is 269 g/mol. The summed E-state index contributed by atoms with van der Waals surface area (Å²) in [5.74, 6) is -0.635. The van der Waals surface area contributed by atoms with Gasteiger partial charge in [0.2, 0.25) is 0 Å². The first-order chi connectivity index (χ1) is 8.95. The van der Waals surface area contributed by atoms with Crippen molar-refractivity contribution < 1.29 is 18.7 Å². The van der Waals surface area contributed by atoms with E-state index in [9.17, 15) is 9.18 Å². The summed E-state index contributed by atoms with van der Waals surface area (Å²) in [5, 5.41) is 0. The number of ether oxygens (including phenoxy) is 2. The molecule has 0 bridgehead atoms. The van der Waals surface area contributed by atoms with Crippen LogP contribution >= 0.6 is 0 Å². The lowest BCUT2D eigenvalue weighted by Crippen LogP contribution is -2.21. The Morgan fingerprint density at radius 2 is 1.95 bits per heavy atom. The predicted molar refractivity (Wildman–Crippen MR) is 70.3 cm³/mol. The maximum atomic E-state index is 13.5. The fourth-order valence-electron chi connectivity index (χ4n) is 1.76. The van der Waals surface area contributed by atoms with Gasteiger partial charge in [-0.25, -0.2) is 9.18 Å². The number of esters is 1. The van der Waals surface area contributed by atoms with Crippen LogP contribution in [0, 0.1) is 19.7 Å². The van der Waals surface area contributed by atoms with E-state index < -0.39 is 12.0 Å². The van der Waals surface area contributed by atoms with Crippen LogP contribution in [0.25, 0.3) is 0 Å². The second-order valence-corrected chi connectivity index (χ2v) is 4.40. The zero-order valence-corrected chi connectivity index (χ0v) is 11.5. The zero-order chi connectivity index (χ0) is 14.4. The Morgan fingerprint density at radius 3 is 2.47 bits per heavy atom. The lowest BCUT2D eigenvalue weighted by Gasteiger charge is -2.14. The lowest BCUT2D eigenvalue weighted by atomic mass is 10.0. The van der Waals surface area contributed by atoms with Gasteiger partial charge in [-0.2, -0.15) is 0 Å². The van der Waals surface area contributed by atoms with Gasteiger partial charge in [-0.15, -0.1) is 0 Å². The fourth-order valence-corrected chi connectivity index (χ4v) is 1.76. The van der Waals surface area contributed by atoms with Gasteiger partial charge in [0.25, 0.3) is 0 Å². The Balaban J connectivity index is 2.54. The molecule has 1 unspecified atom stereocenters. The van der Waals surface area contributed by atoms with Crippen LogP contribution in [0.15, 0.2) is 12.1 Å². The lowest BCUT2D eigenvalue weighted by molar-refractivity contribution is -0.148. The molecule has 0 saturated carbocycles. The molecule has 1 aromatic carbocycles. The Labute approximate surface area is 112 Å². The highest BCUT2D eigenvalue weighted by Gasteiger charge is 2.12. The van der Waals surface area contributed by atoms with Crippen molar-refractivity contribution in [2.75, 3.05) is 19.8 Å². The van der Waals surface area contributed by atoms with Crippen molar-refractivity contribution in [2.45, 2.75) is 26.8 Å². The van der Waals surface area contributed by atoms with E-state index in [0.29, 0.717) is 17.7 Å². The number of aryl methyl sites for hydroxylation is 2. The van der Waals surface area contributed by atoms with Crippen molar-refractivity contribution in [3.8, 4) is 0 Å². The van der Waals surface area contributed by atoms with Gasteiger partial charge in [0.05, 0.1) is 19.3 Å². The van der Waals surface area contributed by atoms with Crippen molar-refractivity contribution in [2.24, 2.45) is 5.73 Å². The molecule has 106 valence electrons. The molecule has 0 aliphatic rings. The molecule has 0 spiro atoms. The molecule has 5 heteroatoms. The zero-order valence-electron chi connectivity index (χ0n) is 11.5. The number of benzene rings is 1. The smallest absolute Gasteiger partial charge is 0.332 e. The molecule has 0 aliphatic carbocycles. The monoisotopic (exact) mass is 269 g/mol. The summed E-state index contributed by atoms with van der Waals surface area (Å²) in [7, 11) is 0. The van der Waals surface area contributed by atoms with E-state index in [1.54, 1.807) is 32.9 Å². The second kappa shape index (κ2) is 7.21. The highest BCUT2D eigenvalue weighted by atomic mass is 19.1. The molecular formula is C14H20FNO3. The molecule has 0 fully saturated rings. The van der Waals surface area contributed by atoms with Crippen molar-refractivity contribution in [1.29, 1.82) is 0 Å². The van der Waals surface area contributed by atoms with Crippen LogP contribution < -0.4 is 5.73 Å². The topological polar surface area (TPSA) is 61.5 Å². The number of carbonyl (C=O) groups excluding carboxylic acids is 1. The first-order valence-corrected chi connectivity index (χ1v) is 6.21. The van der Waals surface area contributed by atoms with Gasteiger partial charge in [0, 0.05) is 0 Å². The van der Waals surface area contributed by atoms with Gasteiger partial charge < -0.3 is 15.2 Å².